The minimum Gasteiger partial charge on any atom is -0.494 e. The molecule has 1 aliphatic carbocycles. The van der Waals surface area contributed by atoms with Crippen molar-refractivity contribution in [1.82, 2.24) is 9.97 Å². The van der Waals surface area contributed by atoms with Gasteiger partial charge in [-0.2, -0.15) is 0 Å². The lowest BCUT2D eigenvalue weighted by molar-refractivity contribution is 0.304. The number of rotatable bonds is 15. The van der Waals surface area contributed by atoms with Crippen molar-refractivity contribution in [3.8, 4) is 17.1 Å². The number of hydrogen-bond donors (Lipinski definition) is 0. The number of fused-ring (bicyclic) bond motifs is 1. The predicted molar refractivity (Wildman–Crippen MR) is 135 cm³/mol. The summed E-state index contributed by atoms with van der Waals surface area (Å²) >= 11 is 0. The maximum absolute atomic E-state index is 5.94. The van der Waals surface area contributed by atoms with Gasteiger partial charge in [0.05, 0.1) is 6.61 Å². The molecule has 0 radical (unpaired) electrons. The molecule has 3 rings (SSSR count). The van der Waals surface area contributed by atoms with Crippen LogP contribution in [0.15, 0.2) is 30.5 Å². The van der Waals surface area contributed by atoms with Crippen molar-refractivity contribution >= 4 is 0 Å². The van der Waals surface area contributed by atoms with Crippen LogP contribution in [0.5, 0.6) is 5.75 Å². The van der Waals surface area contributed by atoms with Gasteiger partial charge in [-0.05, 0) is 61.4 Å². The van der Waals surface area contributed by atoms with Crippen LogP contribution in [0.25, 0.3) is 11.4 Å². The van der Waals surface area contributed by atoms with Gasteiger partial charge in [-0.1, -0.05) is 84.5 Å². The van der Waals surface area contributed by atoms with Crippen LogP contribution in [0.3, 0.4) is 0 Å². The molecule has 176 valence electrons. The third-order valence-corrected chi connectivity index (χ3v) is 6.85. The number of nitrogens with zero attached hydrogens (tertiary/aromatic N) is 2. The number of benzene rings is 1. The highest BCUT2D eigenvalue weighted by molar-refractivity contribution is 5.56. The summed E-state index contributed by atoms with van der Waals surface area (Å²) in [6, 6.07) is 8.32. The van der Waals surface area contributed by atoms with E-state index in [0.29, 0.717) is 0 Å². The van der Waals surface area contributed by atoms with Gasteiger partial charge in [0.2, 0.25) is 0 Å². The molecule has 1 aromatic heterocycles. The molecule has 0 amide bonds. The maximum Gasteiger partial charge on any atom is 0.159 e. The molecule has 32 heavy (non-hydrogen) atoms. The second-order valence-electron chi connectivity index (χ2n) is 9.62. The van der Waals surface area contributed by atoms with Crippen LogP contribution in [0.4, 0.5) is 0 Å². The second kappa shape index (κ2) is 14.3. The zero-order valence-corrected chi connectivity index (χ0v) is 20.6. The topological polar surface area (TPSA) is 35.0 Å². The van der Waals surface area contributed by atoms with Crippen LogP contribution >= 0.6 is 0 Å². The largest absolute Gasteiger partial charge is 0.494 e. The highest BCUT2D eigenvalue weighted by Crippen LogP contribution is 2.29. The van der Waals surface area contributed by atoms with Crippen molar-refractivity contribution in [1.29, 1.82) is 0 Å². The molecular formula is C29H44N2O. The van der Waals surface area contributed by atoms with E-state index >= 15 is 0 Å². The molecule has 0 N–H and O–H groups in total. The molecule has 0 bridgehead atoms. The Morgan fingerprint density at radius 3 is 2.28 bits per heavy atom. The van der Waals surface area contributed by atoms with Gasteiger partial charge in [-0.15, -0.1) is 0 Å². The van der Waals surface area contributed by atoms with Crippen LogP contribution in [0.1, 0.15) is 109 Å². The fraction of sp³-hybridized carbons (Fsp3) is 0.655. The Balaban J connectivity index is 1.40. The van der Waals surface area contributed by atoms with Gasteiger partial charge in [0, 0.05) is 17.5 Å². The predicted octanol–water partition coefficient (Wildman–Crippen LogP) is 8.35. The number of aryl methyl sites for hydroxylation is 1. The smallest absolute Gasteiger partial charge is 0.159 e. The Kier molecular flexibility index (Phi) is 11.0. The van der Waals surface area contributed by atoms with Gasteiger partial charge >= 0.3 is 0 Å². The lowest BCUT2D eigenvalue weighted by Crippen LogP contribution is -2.16. The SMILES string of the molecule is CCCCCCCCCCOc1ccc(-c2ncc3c(n2)CCC(CCCCC)C3)cc1. The van der Waals surface area contributed by atoms with E-state index in [4.69, 9.17) is 14.7 Å². The van der Waals surface area contributed by atoms with Gasteiger partial charge in [0.15, 0.2) is 5.82 Å². The number of hydrogen-bond acceptors (Lipinski definition) is 3. The van der Waals surface area contributed by atoms with Crippen LogP contribution in [-0.4, -0.2) is 16.6 Å². The van der Waals surface area contributed by atoms with E-state index in [1.54, 1.807) is 0 Å². The maximum atomic E-state index is 5.94. The first-order valence-corrected chi connectivity index (χ1v) is 13.4. The monoisotopic (exact) mass is 436 g/mol. The number of unbranched alkanes of at least 4 members (excludes halogenated alkanes) is 9. The Labute approximate surface area is 196 Å². The normalized spacial score (nSPS) is 15.5. The fourth-order valence-corrected chi connectivity index (χ4v) is 4.78. The zero-order chi connectivity index (χ0) is 22.4. The molecule has 3 heteroatoms. The number of ether oxygens (including phenoxy) is 1. The van der Waals surface area contributed by atoms with Crippen molar-refractivity contribution < 1.29 is 4.74 Å². The third kappa shape index (κ3) is 8.22. The summed E-state index contributed by atoms with van der Waals surface area (Å²) in [5.41, 5.74) is 3.71. The molecule has 1 aromatic carbocycles. The lowest BCUT2D eigenvalue weighted by Gasteiger charge is -2.23. The fourth-order valence-electron chi connectivity index (χ4n) is 4.78. The first-order valence-electron chi connectivity index (χ1n) is 13.4. The van der Waals surface area contributed by atoms with Crippen LogP contribution < -0.4 is 4.74 Å². The van der Waals surface area contributed by atoms with Gasteiger partial charge in [0.25, 0.3) is 0 Å². The molecule has 0 spiro atoms. The molecule has 0 saturated carbocycles. The molecule has 0 aliphatic heterocycles. The zero-order valence-electron chi connectivity index (χ0n) is 20.6. The highest BCUT2D eigenvalue weighted by Gasteiger charge is 2.20. The van der Waals surface area contributed by atoms with Crippen molar-refractivity contribution in [3.05, 3.63) is 41.7 Å². The Bertz CT molecular complexity index is 771. The standard InChI is InChI=1S/C29H44N2O/c1-3-5-7-8-9-10-11-13-21-32-27-18-16-25(17-19-27)29-30-23-26-22-24(14-12-6-4-2)15-20-28(26)31-29/h16-19,23-24H,3-15,20-22H2,1-2H3. The van der Waals surface area contributed by atoms with E-state index in [9.17, 15) is 0 Å². The van der Waals surface area contributed by atoms with Gasteiger partial charge < -0.3 is 4.74 Å². The Morgan fingerprint density at radius 1 is 0.844 bits per heavy atom. The van der Waals surface area contributed by atoms with Crippen molar-refractivity contribution in [2.75, 3.05) is 6.61 Å². The van der Waals surface area contributed by atoms with E-state index in [0.717, 1.165) is 48.9 Å². The average molecular weight is 437 g/mol. The average Bonchev–Trinajstić information content (AvgIpc) is 2.83. The summed E-state index contributed by atoms with van der Waals surface area (Å²) in [4.78, 5) is 9.61. The van der Waals surface area contributed by atoms with E-state index in [-0.39, 0.29) is 0 Å². The molecule has 2 aromatic rings. The first kappa shape index (κ1) is 24.7. The summed E-state index contributed by atoms with van der Waals surface area (Å²) in [7, 11) is 0. The van der Waals surface area contributed by atoms with Gasteiger partial charge in [0.1, 0.15) is 5.75 Å². The van der Waals surface area contributed by atoms with Crippen molar-refractivity contribution in [2.24, 2.45) is 5.92 Å². The van der Waals surface area contributed by atoms with Gasteiger partial charge in [-0.3, -0.25) is 0 Å². The first-order chi connectivity index (χ1) is 15.8. The summed E-state index contributed by atoms with van der Waals surface area (Å²) in [5, 5.41) is 0. The summed E-state index contributed by atoms with van der Waals surface area (Å²) in [6.07, 6.45) is 21.6. The molecule has 3 nitrogen and oxygen atoms in total. The number of aromatic nitrogens is 2. The Morgan fingerprint density at radius 2 is 1.53 bits per heavy atom. The molecule has 0 fully saturated rings. The quantitative estimate of drug-likeness (QED) is 0.263. The molecule has 1 aliphatic rings. The highest BCUT2D eigenvalue weighted by atomic mass is 16.5. The molecular weight excluding hydrogens is 392 g/mol. The van der Waals surface area contributed by atoms with Gasteiger partial charge in [-0.25, -0.2) is 9.97 Å². The minimum atomic E-state index is 0.809. The van der Waals surface area contributed by atoms with E-state index in [1.807, 2.05) is 0 Å². The lowest BCUT2D eigenvalue weighted by atomic mass is 9.84. The second-order valence-corrected chi connectivity index (χ2v) is 9.62. The minimum absolute atomic E-state index is 0.809. The molecule has 0 saturated heterocycles. The van der Waals surface area contributed by atoms with Crippen molar-refractivity contribution in [3.63, 3.8) is 0 Å². The van der Waals surface area contributed by atoms with Crippen LogP contribution in [0, 0.1) is 5.92 Å². The van der Waals surface area contributed by atoms with E-state index in [1.165, 1.54) is 88.3 Å². The van der Waals surface area contributed by atoms with E-state index < -0.39 is 0 Å². The summed E-state index contributed by atoms with van der Waals surface area (Å²) in [6.45, 7) is 5.36. The van der Waals surface area contributed by atoms with E-state index in [2.05, 4.69) is 44.3 Å². The van der Waals surface area contributed by atoms with Crippen LogP contribution in [0.2, 0.25) is 0 Å². The van der Waals surface area contributed by atoms with Crippen LogP contribution in [-0.2, 0) is 12.8 Å². The van der Waals surface area contributed by atoms with Crippen molar-refractivity contribution in [2.45, 2.75) is 110 Å². The molecule has 1 atom stereocenters. The molecule has 1 unspecified atom stereocenters. The molecule has 1 heterocycles. The third-order valence-electron chi connectivity index (χ3n) is 6.85. The summed E-state index contributed by atoms with van der Waals surface area (Å²) in [5.74, 6) is 2.62. The summed E-state index contributed by atoms with van der Waals surface area (Å²) < 4.78 is 5.94. The Hall–Kier alpha value is -1.90.